The van der Waals surface area contributed by atoms with E-state index in [1.165, 1.54) is 17.3 Å². The molecule has 1 aliphatic heterocycles. The summed E-state index contributed by atoms with van der Waals surface area (Å²) in [4.78, 5) is 4.20. The third-order valence-electron chi connectivity index (χ3n) is 2.31. The lowest BCUT2D eigenvalue weighted by molar-refractivity contribution is 0.703. The molecule has 1 aromatic carbocycles. The van der Waals surface area contributed by atoms with Gasteiger partial charge < -0.3 is 5.73 Å². The van der Waals surface area contributed by atoms with Crippen LogP contribution in [0.2, 0.25) is 0 Å². The van der Waals surface area contributed by atoms with Gasteiger partial charge in [-0.15, -0.1) is 0 Å². The van der Waals surface area contributed by atoms with Crippen LogP contribution in [0.25, 0.3) is 0 Å². The molecule has 0 saturated carbocycles. The minimum atomic E-state index is 0.0151. The average molecular weight is 234 g/mol. The molecule has 0 radical (unpaired) electrons. The summed E-state index contributed by atoms with van der Waals surface area (Å²) in [5, 5.41) is 9.05. The monoisotopic (exact) mass is 234 g/mol. The molecule has 4 nitrogen and oxygen atoms in total. The van der Waals surface area contributed by atoms with Gasteiger partial charge >= 0.3 is 0 Å². The van der Waals surface area contributed by atoms with E-state index in [9.17, 15) is 0 Å². The van der Waals surface area contributed by atoms with Gasteiger partial charge in [0.1, 0.15) is 5.37 Å². The Labute approximate surface area is 99.1 Å². The van der Waals surface area contributed by atoms with E-state index in [0.717, 1.165) is 5.69 Å². The average Bonchev–Trinajstić information content (AvgIpc) is 2.57. The fourth-order valence-corrected chi connectivity index (χ4v) is 2.20. The van der Waals surface area contributed by atoms with Crippen molar-refractivity contribution in [3.8, 4) is 0 Å². The molecule has 0 bridgehead atoms. The molecule has 84 valence electrons. The van der Waals surface area contributed by atoms with E-state index in [4.69, 9.17) is 5.73 Å². The van der Waals surface area contributed by atoms with Crippen molar-refractivity contribution in [3.05, 3.63) is 29.8 Å². The number of thioether (sulfide) groups is 1. The number of aliphatic imine (C=N–C) groups is 1. The SMILES string of the molecule is Cc1ccc(N=NC2SC(N)=NC2C)cc1. The van der Waals surface area contributed by atoms with Crippen LogP contribution in [0.15, 0.2) is 39.5 Å². The normalized spacial score (nSPS) is 25.0. The van der Waals surface area contributed by atoms with Gasteiger partial charge in [0.2, 0.25) is 0 Å². The Balaban J connectivity index is 2.02. The summed E-state index contributed by atoms with van der Waals surface area (Å²) >= 11 is 1.46. The fraction of sp³-hybridized carbons (Fsp3) is 0.364. The van der Waals surface area contributed by atoms with Crippen molar-refractivity contribution >= 4 is 22.6 Å². The molecule has 1 aliphatic rings. The van der Waals surface area contributed by atoms with Gasteiger partial charge in [-0.05, 0) is 26.0 Å². The minimum absolute atomic E-state index is 0.0151. The van der Waals surface area contributed by atoms with Crippen molar-refractivity contribution in [1.82, 2.24) is 0 Å². The first-order valence-electron chi connectivity index (χ1n) is 5.12. The molecule has 2 rings (SSSR count). The number of benzene rings is 1. The van der Waals surface area contributed by atoms with Crippen LogP contribution >= 0.6 is 11.8 Å². The molecule has 2 atom stereocenters. The number of aryl methyl sites for hydroxylation is 1. The molecule has 16 heavy (non-hydrogen) atoms. The predicted octanol–water partition coefficient (Wildman–Crippen LogP) is 2.85. The van der Waals surface area contributed by atoms with Crippen LogP contribution in [0.5, 0.6) is 0 Å². The zero-order valence-corrected chi connectivity index (χ0v) is 10.1. The molecule has 1 aromatic rings. The summed E-state index contributed by atoms with van der Waals surface area (Å²) in [6.45, 7) is 4.04. The Hall–Kier alpha value is -1.36. The molecule has 0 aromatic heterocycles. The number of hydrogen-bond acceptors (Lipinski definition) is 5. The summed E-state index contributed by atoms with van der Waals surface area (Å²) < 4.78 is 0. The maximum Gasteiger partial charge on any atom is 0.156 e. The first-order valence-corrected chi connectivity index (χ1v) is 6.00. The van der Waals surface area contributed by atoms with Crippen molar-refractivity contribution in [1.29, 1.82) is 0 Å². The minimum Gasteiger partial charge on any atom is -0.378 e. The van der Waals surface area contributed by atoms with Crippen LogP contribution in [0.3, 0.4) is 0 Å². The highest BCUT2D eigenvalue weighted by atomic mass is 32.2. The van der Waals surface area contributed by atoms with Crippen molar-refractivity contribution in [2.45, 2.75) is 25.3 Å². The van der Waals surface area contributed by atoms with Crippen LogP contribution in [0.1, 0.15) is 12.5 Å². The van der Waals surface area contributed by atoms with Crippen molar-refractivity contribution < 1.29 is 0 Å². The van der Waals surface area contributed by atoms with Gasteiger partial charge in [-0.1, -0.05) is 29.5 Å². The number of rotatable bonds is 2. The zero-order chi connectivity index (χ0) is 11.5. The number of amidine groups is 1. The van der Waals surface area contributed by atoms with Crippen LogP contribution in [-0.4, -0.2) is 16.6 Å². The Morgan fingerprint density at radius 1 is 1.31 bits per heavy atom. The topological polar surface area (TPSA) is 63.1 Å². The van der Waals surface area contributed by atoms with E-state index >= 15 is 0 Å². The molecular weight excluding hydrogens is 220 g/mol. The van der Waals surface area contributed by atoms with E-state index in [2.05, 4.69) is 15.2 Å². The van der Waals surface area contributed by atoms with Gasteiger partial charge in [-0.3, -0.25) is 4.99 Å². The maximum absolute atomic E-state index is 5.62. The summed E-state index contributed by atoms with van der Waals surface area (Å²) in [5.74, 6) is 0. The Bertz CT molecular complexity index is 424. The Morgan fingerprint density at radius 2 is 2.00 bits per heavy atom. The molecule has 0 amide bonds. The molecule has 0 fully saturated rings. The lowest BCUT2D eigenvalue weighted by atomic mass is 10.2. The predicted molar refractivity (Wildman–Crippen MR) is 68.2 cm³/mol. The van der Waals surface area contributed by atoms with Crippen LogP contribution in [0.4, 0.5) is 5.69 Å². The van der Waals surface area contributed by atoms with E-state index in [1.54, 1.807) is 0 Å². The Morgan fingerprint density at radius 3 is 2.56 bits per heavy atom. The van der Waals surface area contributed by atoms with Crippen LogP contribution < -0.4 is 5.73 Å². The van der Waals surface area contributed by atoms with Gasteiger partial charge in [-0.25, -0.2) is 0 Å². The Kier molecular flexibility index (Phi) is 3.24. The highest BCUT2D eigenvalue weighted by Crippen LogP contribution is 2.27. The fourth-order valence-electron chi connectivity index (χ4n) is 1.37. The molecular formula is C11H14N4S. The standard InChI is InChI=1S/C11H14N4S/c1-7-3-5-9(6-4-7)14-15-10-8(2)13-11(12)16-10/h3-6,8,10H,1-2H3,(H2,12,13). The van der Waals surface area contributed by atoms with E-state index < -0.39 is 0 Å². The smallest absolute Gasteiger partial charge is 0.156 e. The quantitative estimate of drug-likeness (QED) is 0.800. The second kappa shape index (κ2) is 4.65. The number of hydrogen-bond donors (Lipinski definition) is 1. The number of nitrogens with zero attached hydrogens (tertiary/aromatic N) is 3. The summed E-state index contributed by atoms with van der Waals surface area (Å²) in [5.41, 5.74) is 7.70. The molecule has 2 unspecified atom stereocenters. The largest absolute Gasteiger partial charge is 0.378 e. The third kappa shape index (κ3) is 2.61. The third-order valence-corrected chi connectivity index (χ3v) is 3.38. The molecule has 2 N–H and O–H groups in total. The maximum atomic E-state index is 5.62. The van der Waals surface area contributed by atoms with Crippen molar-refractivity contribution in [2.24, 2.45) is 21.0 Å². The molecule has 0 saturated heterocycles. The molecule has 5 heteroatoms. The highest BCUT2D eigenvalue weighted by molar-refractivity contribution is 8.14. The second-order valence-electron chi connectivity index (χ2n) is 3.77. The van der Waals surface area contributed by atoms with Gasteiger partial charge in [-0.2, -0.15) is 10.2 Å². The zero-order valence-electron chi connectivity index (χ0n) is 9.29. The lowest BCUT2D eigenvalue weighted by Crippen LogP contribution is -2.09. The second-order valence-corrected chi connectivity index (χ2v) is 4.90. The molecule has 0 aliphatic carbocycles. The van der Waals surface area contributed by atoms with Crippen molar-refractivity contribution in [3.63, 3.8) is 0 Å². The first kappa shape index (κ1) is 11.1. The lowest BCUT2D eigenvalue weighted by Gasteiger charge is -2.04. The van der Waals surface area contributed by atoms with Crippen LogP contribution in [0, 0.1) is 6.92 Å². The summed E-state index contributed by atoms with van der Waals surface area (Å²) in [6.07, 6.45) is 0. The highest BCUT2D eigenvalue weighted by Gasteiger charge is 2.24. The molecule has 1 heterocycles. The number of nitrogens with two attached hydrogens (primary N) is 1. The first-order chi connectivity index (χ1) is 7.65. The van der Waals surface area contributed by atoms with E-state index in [0.29, 0.717) is 5.17 Å². The summed E-state index contributed by atoms with van der Waals surface area (Å²) in [7, 11) is 0. The van der Waals surface area contributed by atoms with E-state index in [1.807, 2.05) is 38.1 Å². The van der Waals surface area contributed by atoms with Gasteiger partial charge in [0, 0.05) is 0 Å². The molecule has 0 spiro atoms. The number of azo groups is 1. The summed E-state index contributed by atoms with van der Waals surface area (Å²) in [6, 6.07) is 8.05. The van der Waals surface area contributed by atoms with Gasteiger partial charge in [0.25, 0.3) is 0 Å². The van der Waals surface area contributed by atoms with Gasteiger partial charge in [0.05, 0.1) is 11.7 Å². The van der Waals surface area contributed by atoms with Crippen molar-refractivity contribution in [2.75, 3.05) is 0 Å². The van der Waals surface area contributed by atoms with Gasteiger partial charge in [0.15, 0.2) is 5.17 Å². The van der Waals surface area contributed by atoms with Crippen LogP contribution in [-0.2, 0) is 0 Å². The van der Waals surface area contributed by atoms with E-state index in [-0.39, 0.29) is 11.4 Å².